The molecular formula is C18H13Cl2N3O. The molecule has 0 saturated carbocycles. The maximum atomic E-state index is 12.3. The van der Waals surface area contributed by atoms with E-state index >= 15 is 0 Å². The smallest absolute Gasteiger partial charge is 0.274 e. The molecule has 2 N–H and O–H groups in total. The van der Waals surface area contributed by atoms with Crippen LogP contribution in [0.25, 0.3) is 0 Å². The van der Waals surface area contributed by atoms with E-state index in [2.05, 4.69) is 15.6 Å². The van der Waals surface area contributed by atoms with Crippen molar-refractivity contribution in [2.24, 2.45) is 0 Å². The standard InChI is InChI=1S/C18H13Cl2N3O/c19-12-5-7-13(8-6-12)23-18(24)17-11-14(9-10-21-17)22-16-4-2-1-3-15(16)20/h1-11H,(H,21,22)(H,23,24). The van der Waals surface area contributed by atoms with E-state index in [1.165, 1.54) is 0 Å². The second kappa shape index (κ2) is 7.34. The van der Waals surface area contributed by atoms with Gasteiger partial charge in [-0.05, 0) is 48.5 Å². The van der Waals surface area contributed by atoms with Crippen LogP contribution in [0.3, 0.4) is 0 Å². The topological polar surface area (TPSA) is 54.0 Å². The molecule has 24 heavy (non-hydrogen) atoms. The van der Waals surface area contributed by atoms with E-state index in [-0.39, 0.29) is 5.91 Å². The fourth-order valence-electron chi connectivity index (χ4n) is 2.08. The van der Waals surface area contributed by atoms with Gasteiger partial charge in [0.05, 0.1) is 10.7 Å². The van der Waals surface area contributed by atoms with Gasteiger partial charge in [0.15, 0.2) is 0 Å². The summed E-state index contributed by atoms with van der Waals surface area (Å²) in [6.07, 6.45) is 1.57. The molecule has 0 radical (unpaired) electrons. The zero-order valence-corrected chi connectivity index (χ0v) is 14.0. The van der Waals surface area contributed by atoms with Crippen LogP contribution in [0.5, 0.6) is 0 Å². The lowest BCUT2D eigenvalue weighted by Crippen LogP contribution is -2.13. The van der Waals surface area contributed by atoms with Gasteiger partial charge in [0.1, 0.15) is 5.69 Å². The fourth-order valence-corrected chi connectivity index (χ4v) is 2.39. The Morgan fingerprint density at radius 2 is 1.67 bits per heavy atom. The number of benzene rings is 2. The molecule has 2 aromatic carbocycles. The van der Waals surface area contributed by atoms with E-state index in [9.17, 15) is 4.79 Å². The summed E-state index contributed by atoms with van der Waals surface area (Å²) in [6.45, 7) is 0. The second-order valence-electron chi connectivity index (χ2n) is 5.00. The minimum Gasteiger partial charge on any atom is -0.354 e. The average Bonchev–Trinajstić information content (AvgIpc) is 2.59. The first kappa shape index (κ1) is 16.3. The molecule has 0 bridgehead atoms. The molecule has 3 rings (SSSR count). The molecule has 0 spiro atoms. The molecule has 1 amide bonds. The number of carbonyl (C=O) groups is 1. The number of hydrogen-bond acceptors (Lipinski definition) is 3. The number of aromatic nitrogens is 1. The van der Waals surface area contributed by atoms with Crippen LogP contribution < -0.4 is 10.6 Å². The Morgan fingerprint density at radius 1 is 0.917 bits per heavy atom. The lowest BCUT2D eigenvalue weighted by atomic mass is 10.2. The minimum absolute atomic E-state index is 0.294. The number of rotatable bonds is 4. The van der Waals surface area contributed by atoms with E-state index in [1.807, 2.05) is 18.2 Å². The van der Waals surface area contributed by atoms with Crippen molar-refractivity contribution in [2.75, 3.05) is 10.6 Å². The first-order valence-corrected chi connectivity index (χ1v) is 7.92. The van der Waals surface area contributed by atoms with Crippen LogP contribution in [0.15, 0.2) is 66.9 Å². The average molecular weight is 358 g/mol. The molecule has 0 aliphatic heterocycles. The molecular weight excluding hydrogens is 345 g/mol. The molecule has 0 aliphatic carbocycles. The third-order valence-electron chi connectivity index (χ3n) is 3.25. The molecule has 0 atom stereocenters. The number of nitrogens with zero attached hydrogens (tertiary/aromatic N) is 1. The van der Waals surface area contributed by atoms with Gasteiger partial charge in [0, 0.05) is 22.6 Å². The van der Waals surface area contributed by atoms with Crippen molar-refractivity contribution in [1.82, 2.24) is 4.98 Å². The Balaban J connectivity index is 1.76. The van der Waals surface area contributed by atoms with Crippen LogP contribution in [0, 0.1) is 0 Å². The molecule has 1 aromatic heterocycles. The van der Waals surface area contributed by atoms with Crippen LogP contribution in [0.4, 0.5) is 17.1 Å². The van der Waals surface area contributed by atoms with Crippen molar-refractivity contribution in [2.45, 2.75) is 0 Å². The van der Waals surface area contributed by atoms with Gasteiger partial charge in [0.25, 0.3) is 5.91 Å². The molecule has 3 aromatic rings. The highest BCUT2D eigenvalue weighted by molar-refractivity contribution is 6.33. The number of anilines is 3. The van der Waals surface area contributed by atoms with E-state index in [4.69, 9.17) is 23.2 Å². The maximum Gasteiger partial charge on any atom is 0.274 e. The Bertz CT molecular complexity index is 866. The summed E-state index contributed by atoms with van der Waals surface area (Å²) in [5.41, 5.74) is 2.42. The first-order valence-electron chi connectivity index (χ1n) is 7.16. The van der Waals surface area contributed by atoms with Gasteiger partial charge in [0.2, 0.25) is 0 Å². The van der Waals surface area contributed by atoms with Gasteiger partial charge in [-0.3, -0.25) is 9.78 Å². The Labute approximate surface area is 149 Å². The second-order valence-corrected chi connectivity index (χ2v) is 5.84. The fraction of sp³-hybridized carbons (Fsp3) is 0. The molecule has 4 nitrogen and oxygen atoms in total. The number of para-hydroxylation sites is 1. The Kier molecular flexibility index (Phi) is 4.99. The molecule has 120 valence electrons. The zero-order chi connectivity index (χ0) is 16.9. The molecule has 0 fully saturated rings. The van der Waals surface area contributed by atoms with Crippen LogP contribution >= 0.6 is 23.2 Å². The van der Waals surface area contributed by atoms with Crippen LogP contribution in [-0.2, 0) is 0 Å². The number of amides is 1. The molecule has 0 saturated heterocycles. The minimum atomic E-state index is -0.305. The van der Waals surface area contributed by atoms with Gasteiger partial charge in [-0.2, -0.15) is 0 Å². The van der Waals surface area contributed by atoms with Crippen molar-refractivity contribution in [1.29, 1.82) is 0 Å². The van der Waals surface area contributed by atoms with Gasteiger partial charge in [-0.25, -0.2) is 0 Å². The van der Waals surface area contributed by atoms with Crippen LogP contribution in [0.2, 0.25) is 10.0 Å². The number of pyridine rings is 1. The summed E-state index contributed by atoms with van der Waals surface area (Å²) in [5, 5.41) is 7.15. The summed E-state index contributed by atoms with van der Waals surface area (Å²) >= 11 is 12.0. The monoisotopic (exact) mass is 357 g/mol. The number of nitrogens with one attached hydrogen (secondary N) is 2. The highest BCUT2D eigenvalue weighted by Crippen LogP contribution is 2.25. The lowest BCUT2D eigenvalue weighted by Gasteiger charge is -2.10. The van der Waals surface area contributed by atoms with Gasteiger partial charge in [-0.15, -0.1) is 0 Å². The predicted molar refractivity (Wildman–Crippen MR) is 98.4 cm³/mol. The normalized spacial score (nSPS) is 10.2. The van der Waals surface area contributed by atoms with Crippen LogP contribution in [0.1, 0.15) is 10.5 Å². The van der Waals surface area contributed by atoms with E-state index in [0.717, 1.165) is 11.4 Å². The summed E-state index contributed by atoms with van der Waals surface area (Å²) in [4.78, 5) is 16.4. The zero-order valence-electron chi connectivity index (χ0n) is 12.5. The summed E-state index contributed by atoms with van der Waals surface area (Å²) < 4.78 is 0. The van der Waals surface area contributed by atoms with Gasteiger partial charge in [-0.1, -0.05) is 35.3 Å². The van der Waals surface area contributed by atoms with Crippen molar-refractivity contribution in [3.8, 4) is 0 Å². The quantitative estimate of drug-likeness (QED) is 0.658. The lowest BCUT2D eigenvalue weighted by molar-refractivity contribution is 0.102. The molecule has 0 aliphatic rings. The Morgan fingerprint density at radius 3 is 2.42 bits per heavy atom. The summed E-state index contributed by atoms with van der Waals surface area (Å²) in [7, 11) is 0. The third-order valence-corrected chi connectivity index (χ3v) is 3.83. The molecule has 6 heteroatoms. The molecule has 0 unspecified atom stereocenters. The van der Waals surface area contributed by atoms with E-state index in [1.54, 1.807) is 48.7 Å². The first-order chi connectivity index (χ1) is 11.6. The number of halogens is 2. The number of carbonyl (C=O) groups excluding carboxylic acids is 1. The van der Waals surface area contributed by atoms with Crippen molar-refractivity contribution < 1.29 is 4.79 Å². The van der Waals surface area contributed by atoms with E-state index < -0.39 is 0 Å². The van der Waals surface area contributed by atoms with Gasteiger partial charge < -0.3 is 10.6 Å². The largest absolute Gasteiger partial charge is 0.354 e. The van der Waals surface area contributed by atoms with Crippen molar-refractivity contribution in [3.05, 3.63) is 82.6 Å². The van der Waals surface area contributed by atoms with Crippen LogP contribution in [-0.4, -0.2) is 10.9 Å². The predicted octanol–water partition coefficient (Wildman–Crippen LogP) is 5.38. The summed E-state index contributed by atoms with van der Waals surface area (Å²) in [5.74, 6) is -0.305. The highest BCUT2D eigenvalue weighted by Gasteiger charge is 2.09. The third kappa shape index (κ3) is 4.04. The van der Waals surface area contributed by atoms with E-state index in [0.29, 0.717) is 21.4 Å². The highest BCUT2D eigenvalue weighted by atomic mass is 35.5. The SMILES string of the molecule is O=C(Nc1ccc(Cl)cc1)c1cc(Nc2ccccc2Cl)ccn1. The van der Waals surface area contributed by atoms with Crippen molar-refractivity contribution in [3.63, 3.8) is 0 Å². The number of hydrogen-bond donors (Lipinski definition) is 2. The van der Waals surface area contributed by atoms with Gasteiger partial charge >= 0.3 is 0 Å². The molecule has 1 heterocycles. The maximum absolute atomic E-state index is 12.3. The Hall–Kier alpha value is -2.56. The summed E-state index contributed by atoms with van der Waals surface area (Å²) in [6, 6.07) is 17.7. The van der Waals surface area contributed by atoms with Crippen molar-refractivity contribution >= 4 is 46.2 Å².